The second-order valence-electron chi connectivity index (χ2n) is 6.02. The van der Waals surface area contributed by atoms with E-state index < -0.39 is 0 Å². The average Bonchev–Trinajstić information content (AvgIpc) is 3.16. The van der Waals surface area contributed by atoms with Crippen LogP contribution in [0.15, 0.2) is 28.7 Å². The number of esters is 1. The smallest absolute Gasteiger partial charge is 0.311 e. The number of thiazole rings is 1. The first kappa shape index (κ1) is 20.1. The standard InChI is InChI=1S/C19H24N4O4S/c1-3-27-18(24)10-15-13-28-19(21-15)22-20-12-14-4-5-16(11-17(14)25-2)23-6-8-26-9-7-23/h4-5,11-13H,3,6-10H2,1-2H3,(H,21,22). The van der Waals surface area contributed by atoms with Crippen LogP contribution in [-0.4, -0.2) is 57.2 Å². The maximum absolute atomic E-state index is 11.5. The SMILES string of the molecule is CCOC(=O)Cc1csc(NN=Cc2ccc(N3CCOCC3)cc2OC)n1. The fraction of sp³-hybridized carbons (Fsp3) is 0.421. The average molecular weight is 404 g/mol. The number of rotatable bonds is 8. The zero-order valence-electron chi connectivity index (χ0n) is 16.0. The van der Waals surface area contributed by atoms with Gasteiger partial charge in [0.1, 0.15) is 5.75 Å². The number of carbonyl (C=O) groups is 1. The van der Waals surface area contributed by atoms with Crippen molar-refractivity contribution in [3.8, 4) is 5.75 Å². The van der Waals surface area contributed by atoms with Crippen molar-refractivity contribution in [1.29, 1.82) is 0 Å². The lowest BCUT2D eigenvalue weighted by Crippen LogP contribution is -2.36. The first-order valence-corrected chi connectivity index (χ1v) is 9.97. The molecule has 0 bridgehead atoms. The number of morpholine rings is 1. The molecule has 1 fully saturated rings. The molecule has 3 rings (SSSR count). The summed E-state index contributed by atoms with van der Waals surface area (Å²) in [6, 6.07) is 6.03. The van der Waals surface area contributed by atoms with Crippen molar-refractivity contribution < 1.29 is 19.0 Å². The highest BCUT2D eigenvalue weighted by Gasteiger charge is 2.13. The van der Waals surface area contributed by atoms with Gasteiger partial charge in [-0.2, -0.15) is 5.10 Å². The first-order valence-electron chi connectivity index (χ1n) is 9.09. The third kappa shape index (κ3) is 5.43. The van der Waals surface area contributed by atoms with Crippen molar-refractivity contribution in [3.63, 3.8) is 0 Å². The van der Waals surface area contributed by atoms with Crippen LogP contribution in [0.25, 0.3) is 0 Å². The van der Waals surface area contributed by atoms with Crippen LogP contribution in [0.3, 0.4) is 0 Å². The van der Waals surface area contributed by atoms with Gasteiger partial charge in [-0.05, 0) is 19.1 Å². The highest BCUT2D eigenvalue weighted by atomic mass is 32.1. The van der Waals surface area contributed by atoms with Crippen LogP contribution in [0.5, 0.6) is 5.75 Å². The van der Waals surface area contributed by atoms with Crippen LogP contribution in [-0.2, 0) is 20.7 Å². The molecular formula is C19H24N4O4S. The van der Waals surface area contributed by atoms with Gasteiger partial charge in [0, 0.05) is 35.8 Å². The van der Waals surface area contributed by atoms with Gasteiger partial charge in [-0.1, -0.05) is 0 Å². The molecule has 28 heavy (non-hydrogen) atoms. The molecule has 0 spiro atoms. The first-order chi connectivity index (χ1) is 13.7. The molecule has 8 nitrogen and oxygen atoms in total. The fourth-order valence-corrected chi connectivity index (χ4v) is 3.44. The van der Waals surface area contributed by atoms with Crippen LogP contribution in [0.2, 0.25) is 0 Å². The number of nitrogens with zero attached hydrogens (tertiary/aromatic N) is 3. The molecule has 1 aliphatic rings. The van der Waals surface area contributed by atoms with Crippen LogP contribution in [0.1, 0.15) is 18.2 Å². The Bertz CT molecular complexity index is 818. The van der Waals surface area contributed by atoms with E-state index in [1.807, 2.05) is 17.5 Å². The van der Waals surface area contributed by atoms with Gasteiger partial charge in [0.05, 0.1) is 45.3 Å². The number of hydrazone groups is 1. The summed E-state index contributed by atoms with van der Waals surface area (Å²) in [6.45, 7) is 5.36. The van der Waals surface area contributed by atoms with Gasteiger partial charge < -0.3 is 19.1 Å². The second kappa shape index (κ2) is 10.0. The van der Waals surface area contributed by atoms with Gasteiger partial charge in [0.2, 0.25) is 5.13 Å². The molecule has 1 aromatic carbocycles. The Labute approximate surface area is 168 Å². The lowest BCUT2D eigenvalue weighted by atomic mass is 10.1. The molecule has 1 N–H and O–H groups in total. The third-order valence-electron chi connectivity index (χ3n) is 4.14. The summed E-state index contributed by atoms with van der Waals surface area (Å²) in [5.74, 6) is 0.463. The minimum atomic E-state index is -0.284. The molecule has 0 unspecified atom stereocenters. The minimum Gasteiger partial charge on any atom is -0.496 e. The molecule has 1 saturated heterocycles. The van der Waals surface area contributed by atoms with Gasteiger partial charge in [0.25, 0.3) is 0 Å². The Morgan fingerprint density at radius 2 is 2.25 bits per heavy atom. The number of benzene rings is 1. The van der Waals surface area contributed by atoms with E-state index in [2.05, 4.69) is 26.5 Å². The molecule has 150 valence electrons. The summed E-state index contributed by atoms with van der Waals surface area (Å²) in [6.07, 6.45) is 1.85. The molecule has 0 atom stereocenters. The zero-order valence-corrected chi connectivity index (χ0v) is 16.8. The van der Waals surface area contributed by atoms with Crippen molar-refractivity contribution in [2.45, 2.75) is 13.3 Å². The Balaban J connectivity index is 1.60. The minimum absolute atomic E-state index is 0.159. The number of hydrogen-bond donors (Lipinski definition) is 1. The van der Waals surface area contributed by atoms with Gasteiger partial charge in [-0.25, -0.2) is 4.98 Å². The molecule has 0 radical (unpaired) electrons. The molecule has 0 amide bonds. The van der Waals surface area contributed by atoms with Crippen LogP contribution >= 0.6 is 11.3 Å². The molecule has 2 aromatic rings. The maximum atomic E-state index is 11.5. The largest absolute Gasteiger partial charge is 0.496 e. The van der Waals surface area contributed by atoms with Crippen LogP contribution in [0, 0.1) is 0 Å². The number of methoxy groups -OCH3 is 1. The van der Waals surface area contributed by atoms with Gasteiger partial charge >= 0.3 is 5.97 Å². The normalized spacial score (nSPS) is 14.3. The van der Waals surface area contributed by atoms with Crippen molar-refractivity contribution in [2.24, 2.45) is 5.10 Å². The van der Waals surface area contributed by atoms with E-state index in [1.165, 1.54) is 11.3 Å². The maximum Gasteiger partial charge on any atom is 0.311 e. The van der Waals surface area contributed by atoms with Gasteiger partial charge in [0.15, 0.2) is 0 Å². The Kier molecular flexibility index (Phi) is 7.21. The summed E-state index contributed by atoms with van der Waals surface area (Å²) in [7, 11) is 1.64. The summed E-state index contributed by atoms with van der Waals surface area (Å²) < 4.78 is 15.8. The molecule has 1 aromatic heterocycles. The monoisotopic (exact) mass is 404 g/mol. The highest BCUT2D eigenvalue weighted by Crippen LogP contribution is 2.25. The Hall–Kier alpha value is -2.65. The molecule has 2 heterocycles. The lowest BCUT2D eigenvalue weighted by molar-refractivity contribution is -0.142. The predicted molar refractivity (Wildman–Crippen MR) is 110 cm³/mol. The third-order valence-corrected chi connectivity index (χ3v) is 4.94. The molecule has 9 heteroatoms. The quantitative estimate of drug-likeness (QED) is 0.411. The Morgan fingerprint density at radius 3 is 3.00 bits per heavy atom. The van der Waals surface area contributed by atoms with E-state index in [0.717, 1.165) is 43.3 Å². The van der Waals surface area contributed by atoms with E-state index in [1.54, 1.807) is 20.2 Å². The van der Waals surface area contributed by atoms with Crippen LogP contribution in [0.4, 0.5) is 10.8 Å². The second-order valence-corrected chi connectivity index (χ2v) is 6.88. The number of ether oxygens (including phenoxy) is 3. The van der Waals surface area contributed by atoms with E-state index in [-0.39, 0.29) is 12.4 Å². The number of anilines is 2. The molecule has 0 aliphatic carbocycles. The summed E-state index contributed by atoms with van der Waals surface area (Å²) >= 11 is 1.38. The lowest BCUT2D eigenvalue weighted by Gasteiger charge is -2.29. The zero-order chi connectivity index (χ0) is 19.8. The summed E-state index contributed by atoms with van der Waals surface area (Å²) in [5.41, 5.74) is 5.51. The molecular weight excluding hydrogens is 380 g/mol. The van der Waals surface area contributed by atoms with Crippen molar-refractivity contribution in [2.75, 3.05) is 50.3 Å². The predicted octanol–water partition coefficient (Wildman–Crippen LogP) is 2.54. The van der Waals surface area contributed by atoms with Crippen molar-refractivity contribution >= 4 is 34.3 Å². The van der Waals surface area contributed by atoms with Crippen LogP contribution < -0.4 is 15.1 Å². The molecule has 0 saturated carbocycles. The number of aromatic nitrogens is 1. The van der Waals surface area contributed by atoms with E-state index in [9.17, 15) is 4.79 Å². The number of nitrogens with one attached hydrogen (secondary N) is 1. The number of hydrogen-bond acceptors (Lipinski definition) is 9. The highest BCUT2D eigenvalue weighted by molar-refractivity contribution is 7.13. The van der Waals surface area contributed by atoms with E-state index in [0.29, 0.717) is 17.4 Å². The summed E-state index contributed by atoms with van der Waals surface area (Å²) in [5, 5.41) is 6.66. The van der Waals surface area contributed by atoms with E-state index >= 15 is 0 Å². The van der Waals surface area contributed by atoms with E-state index in [4.69, 9.17) is 14.2 Å². The number of carbonyl (C=O) groups excluding carboxylic acids is 1. The fourth-order valence-electron chi connectivity index (χ4n) is 2.78. The topological polar surface area (TPSA) is 85.3 Å². The van der Waals surface area contributed by atoms with Gasteiger partial charge in [-0.15, -0.1) is 11.3 Å². The van der Waals surface area contributed by atoms with Crippen molar-refractivity contribution in [1.82, 2.24) is 4.98 Å². The van der Waals surface area contributed by atoms with Gasteiger partial charge in [-0.3, -0.25) is 10.2 Å². The molecule has 1 aliphatic heterocycles. The Morgan fingerprint density at radius 1 is 1.43 bits per heavy atom. The summed E-state index contributed by atoms with van der Waals surface area (Å²) in [4.78, 5) is 18.1. The van der Waals surface area contributed by atoms with Crippen molar-refractivity contribution in [3.05, 3.63) is 34.8 Å².